The molecule has 35 heavy (non-hydrogen) atoms. The van der Waals surface area contributed by atoms with Crippen LogP contribution in [0, 0.1) is 6.92 Å². The molecule has 0 bridgehead atoms. The van der Waals surface area contributed by atoms with Crippen molar-refractivity contribution in [3.05, 3.63) is 35.7 Å². The highest BCUT2D eigenvalue weighted by atomic mass is 32.2. The number of sulfone groups is 1. The number of fused-ring (bicyclic) bond motifs is 1. The minimum Gasteiger partial charge on any atom is -0.463 e. The van der Waals surface area contributed by atoms with Crippen molar-refractivity contribution in [3.63, 3.8) is 0 Å². The van der Waals surface area contributed by atoms with Crippen LogP contribution < -0.4 is 5.32 Å². The summed E-state index contributed by atoms with van der Waals surface area (Å²) < 4.78 is 31.5. The molecule has 1 amide bonds. The number of hydrogen-bond acceptors (Lipinski definition) is 7. The van der Waals surface area contributed by atoms with E-state index in [1.807, 2.05) is 13.8 Å². The van der Waals surface area contributed by atoms with E-state index in [0.29, 0.717) is 40.2 Å². The molecule has 1 fully saturated rings. The van der Waals surface area contributed by atoms with Crippen LogP contribution in [0.1, 0.15) is 62.1 Å². The second kappa shape index (κ2) is 10.5. The van der Waals surface area contributed by atoms with Gasteiger partial charge in [-0.1, -0.05) is 13.8 Å². The molecule has 0 aliphatic carbocycles. The molecule has 0 spiro atoms. The van der Waals surface area contributed by atoms with Crippen LogP contribution in [0.3, 0.4) is 0 Å². The Hall–Kier alpha value is -2.72. The molecule has 0 radical (unpaired) electrons. The van der Waals surface area contributed by atoms with Crippen LogP contribution in [0.25, 0.3) is 22.5 Å². The Labute approximate surface area is 206 Å². The van der Waals surface area contributed by atoms with Gasteiger partial charge in [-0.2, -0.15) is 5.10 Å². The Bertz CT molecular complexity index is 1280. The Morgan fingerprint density at radius 3 is 2.74 bits per heavy atom. The molecule has 1 saturated heterocycles. The lowest BCUT2D eigenvalue weighted by Gasteiger charge is -2.20. The van der Waals surface area contributed by atoms with E-state index in [4.69, 9.17) is 9.40 Å². The van der Waals surface area contributed by atoms with Gasteiger partial charge in [-0.3, -0.25) is 4.79 Å². The van der Waals surface area contributed by atoms with Crippen molar-refractivity contribution in [1.29, 1.82) is 0 Å². The molecular weight excluding hydrogens is 466 g/mol. The first-order valence-electron chi connectivity index (χ1n) is 12.4. The normalized spacial score (nSPS) is 18.4. The van der Waals surface area contributed by atoms with Gasteiger partial charge < -0.3 is 14.6 Å². The predicted octanol–water partition coefficient (Wildman–Crippen LogP) is 3.60. The summed E-state index contributed by atoms with van der Waals surface area (Å²) in [7, 11) is -3.11. The van der Waals surface area contributed by atoms with Crippen molar-refractivity contribution < 1.29 is 17.6 Å². The molecule has 1 aliphatic heterocycles. The number of carbonyl (C=O) groups excluding carboxylic acids is 1. The maximum absolute atomic E-state index is 13.5. The summed E-state index contributed by atoms with van der Waals surface area (Å²) >= 11 is 0. The molecule has 0 saturated carbocycles. The van der Waals surface area contributed by atoms with E-state index in [1.165, 1.54) is 0 Å². The molecule has 9 nitrogen and oxygen atoms in total. The molecule has 1 N–H and O–H groups in total. The van der Waals surface area contributed by atoms with Gasteiger partial charge >= 0.3 is 0 Å². The number of hydrogen-bond donors (Lipinski definition) is 1. The van der Waals surface area contributed by atoms with Crippen LogP contribution in [0.5, 0.6) is 0 Å². The van der Waals surface area contributed by atoms with Crippen molar-refractivity contribution in [2.45, 2.75) is 59.0 Å². The molecule has 4 rings (SSSR count). The molecule has 3 aromatic heterocycles. The number of amides is 1. The van der Waals surface area contributed by atoms with Crippen LogP contribution in [-0.2, 0) is 9.84 Å². The molecular formula is C25H35N5O4S. The zero-order valence-electron chi connectivity index (χ0n) is 21.0. The lowest BCUT2D eigenvalue weighted by atomic mass is 10.1. The monoisotopic (exact) mass is 501 g/mol. The van der Waals surface area contributed by atoms with Gasteiger partial charge in [0.05, 0.1) is 40.5 Å². The molecule has 0 aromatic carbocycles. The highest BCUT2D eigenvalue weighted by Crippen LogP contribution is 2.32. The van der Waals surface area contributed by atoms with E-state index in [1.54, 1.807) is 29.1 Å². The highest BCUT2D eigenvalue weighted by molar-refractivity contribution is 7.91. The second-order valence-electron chi connectivity index (χ2n) is 9.36. The third-order valence-electron chi connectivity index (χ3n) is 6.79. The first kappa shape index (κ1) is 25.4. The molecule has 2 atom stereocenters. The van der Waals surface area contributed by atoms with E-state index in [2.05, 4.69) is 29.2 Å². The molecule has 2 unspecified atom stereocenters. The Morgan fingerprint density at radius 2 is 2.11 bits per heavy atom. The molecule has 190 valence electrons. The number of rotatable bonds is 10. The lowest BCUT2D eigenvalue weighted by molar-refractivity contribution is 0.0939. The summed E-state index contributed by atoms with van der Waals surface area (Å²) in [5.74, 6) is 0.509. The van der Waals surface area contributed by atoms with Crippen molar-refractivity contribution in [3.8, 4) is 11.5 Å². The van der Waals surface area contributed by atoms with E-state index in [0.717, 1.165) is 32.5 Å². The summed E-state index contributed by atoms with van der Waals surface area (Å²) in [6.45, 7) is 11.2. The van der Waals surface area contributed by atoms with E-state index in [-0.39, 0.29) is 29.5 Å². The summed E-state index contributed by atoms with van der Waals surface area (Å²) in [4.78, 5) is 20.6. The summed E-state index contributed by atoms with van der Waals surface area (Å²) in [6, 6.07) is 5.00. The fourth-order valence-electron chi connectivity index (χ4n) is 4.80. The average Bonchev–Trinajstić information content (AvgIpc) is 3.55. The van der Waals surface area contributed by atoms with Crippen molar-refractivity contribution >= 4 is 26.8 Å². The van der Waals surface area contributed by atoms with Crippen LogP contribution in [-0.4, -0.2) is 71.2 Å². The number of aromatic nitrogens is 3. The SMILES string of the molecule is CCN(CC)CCCC(C)NC(=O)c1cc(-c2ccco2)nc2c1c(C)nn2C1CCS(=O)(=O)C1. The number of nitrogens with zero attached hydrogens (tertiary/aromatic N) is 4. The predicted molar refractivity (Wildman–Crippen MR) is 136 cm³/mol. The smallest absolute Gasteiger partial charge is 0.252 e. The van der Waals surface area contributed by atoms with Crippen molar-refractivity contribution in [1.82, 2.24) is 25.0 Å². The van der Waals surface area contributed by atoms with Gasteiger partial charge in [-0.15, -0.1) is 0 Å². The van der Waals surface area contributed by atoms with E-state index >= 15 is 0 Å². The largest absolute Gasteiger partial charge is 0.463 e. The Kier molecular flexibility index (Phi) is 7.61. The van der Waals surface area contributed by atoms with Crippen LogP contribution in [0.4, 0.5) is 0 Å². The minimum absolute atomic E-state index is 0.00339. The van der Waals surface area contributed by atoms with Crippen LogP contribution >= 0.6 is 0 Å². The van der Waals surface area contributed by atoms with Crippen molar-refractivity contribution in [2.24, 2.45) is 0 Å². The quantitative estimate of drug-likeness (QED) is 0.452. The minimum atomic E-state index is -3.11. The molecule has 4 heterocycles. The molecule has 3 aromatic rings. The Balaban J connectivity index is 1.65. The maximum Gasteiger partial charge on any atom is 0.252 e. The first-order chi connectivity index (χ1) is 16.7. The van der Waals surface area contributed by atoms with Gasteiger partial charge in [0.25, 0.3) is 5.91 Å². The van der Waals surface area contributed by atoms with Gasteiger partial charge in [0.1, 0.15) is 5.69 Å². The summed E-state index contributed by atoms with van der Waals surface area (Å²) in [5.41, 5.74) is 2.16. The van der Waals surface area contributed by atoms with Gasteiger partial charge in [0, 0.05) is 6.04 Å². The highest BCUT2D eigenvalue weighted by Gasteiger charge is 2.32. The van der Waals surface area contributed by atoms with Gasteiger partial charge in [0.2, 0.25) is 0 Å². The fourth-order valence-corrected chi connectivity index (χ4v) is 6.49. The zero-order chi connectivity index (χ0) is 25.2. The zero-order valence-corrected chi connectivity index (χ0v) is 21.8. The number of aryl methyl sites for hydroxylation is 1. The van der Waals surface area contributed by atoms with Gasteiger partial charge in [-0.25, -0.2) is 18.1 Å². The third-order valence-corrected chi connectivity index (χ3v) is 8.54. The fraction of sp³-hybridized carbons (Fsp3) is 0.560. The van der Waals surface area contributed by atoms with E-state index in [9.17, 15) is 13.2 Å². The lowest BCUT2D eigenvalue weighted by Crippen LogP contribution is -2.34. The van der Waals surface area contributed by atoms with Gasteiger partial charge in [0.15, 0.2) is 21.2 Å². The summed E-state index contributed by atoms with van der Waals surface area (Å²) in [6.07, 6.45) is 3.92. The topological polar surface area (TPSA) is 110 Å². The standard InChI is InChI=1S/C25H35N5O4S/c1-5-29(6-2)12-7-9-17(3)26-25(31)20-15-21(22-10-8-13-34-22)27-24-23(20)18(4)28-30(24)19-11-14-35(32,33)16-19/h8,10,13,15,17,19H,5-7,9,11-12,14,16H2,1-4H3,(H,26,31). The van der Waals surface area contributed by atoms with Gasteiger partial charge in [-0.05, 0) is 70.9 Å². The average molecular weight is 502 g/mol. The number of furan rings is 1. The first-order valence-corrected chi connectivity index (χ1v) is 14.2. The van der Waals surface area contributed by atoms with E-state index < -0.39 is 9.84 Å². The van der Waals surface area contributed by atoms with Crippen LogP contribution in [0.15, 0.2) is 28.9 Å². The number of nitrogens with one attached hydrogen (secondary N) is 1. The van der Waals surface area contributed by atoms with Crippen LogP contribution in [0.2, 0.25) is 0 Å². The van der Waals surface area contributed by atoms with Crippen molar-refractivity contribution in [2.75, 3.05) is 31.1 Å². The third kappa shape index (κ3) is 5.59. The molecule has 1 aliphatic rings. The maximum atomic E-state index is 13.5. The number of carbonyl (C=O) groups is 1. The molecule has 10 heteroatoms. The number of pyridine rings is 1. The Morgan fingerprint density at radius 1 is 1.34 bits per heavy atom. The second-order valence-corrected chi connectivity index (χ2v) is 11.6. The summed E-state index contributed by atoms with van der Waals surface area (Å²) in [5, 5.41) is 8.43.